The van der Waals surface area contributed by atoms with E-state index in [0.717, 1.165) is 11.4 Å². The number of hydrogen-bond donors (Lipinski definition) is 1. The maximum atomic E-state index is 12.7. The maximum absolute atomic E-state index is 12.7. The van der Waals surface area contributed by atoms with Gasteiger partial charge in [-0.25, -0.2) is 0 Å². The molecule has 1 aliphatic rings. The fraction of sp³-hybridized carbons (Fsp3) is 0.200. The van der Waals surface area contributed by atoms with Crippen LogP contribution in [0.15, 0.2) is 72.8 Å². The molecule has 0 unspecified atom stereocenters. The van der Waals surface area contributed by atoms with E-state index >= 15 is 0 Å². The first-order valence-electron chi connectivity index (χ1n) is 10.0. The Morgan fingerprint density at radius 1 is 0.933 bits per heavy atom. The third-order valence-corrected chi connectivity index (χ3v) is 5.40. The molecule has 0 aliphatic carbocycles. The lowest BCUT2D eigenvalue weighted by Gasteiger charge is -2.16. The van der Waals surface area contributed by atoms with Crippen molar-refractivity contribution in [2.24, 2.45) is 5.92 Å². The second-order valence-corrected chi connectivity index (χ2v) is 7.60. The number of nitrogens with one attached hydrogen (secondary N) is 1. The highest BCUT2D eigenvalue weighted by Crippen LogP contribution is 2.27. The van der Waals surface area contributed by atoms with Gasteiger partial charge in [-0.2, -0.15) is 0 Å². The van der Waals surface area contributed by atoms with Crippen LogP contribution in [0, 0.1) is 19.8 Å². The normalized spacial score (nSPS) is 15.9. The first kappa shape index (κ1) is 19.7. The van der Waals surface area contributed by atoms with E-state index in [1.165, 1.54) is 11.1 Å². The Labute approximate surface area is 176 Å². The highest BCUT2D eigenvalue weighted by molar-refractivity contribution is 6.03. The third-order valence-electron chi connectivity index (χ3n) is 5.40. The van der Waals surface area contributed by atoms with Gasteiger partial charge < -0.3 is 15.0 Å². The molecule has 1 N–H and O–H groups in total. The summed E-state index contributed by atoms with van der Waals surface area (Å²) in [6, 6.07) is 22.7. The van der Waals surface area contributed by atoms with Crippen molar-refractivity contribution in [1.29, 1.82) is 0 Å². The summed E-state index contributed by atoms with van der Waals surface area (Å²) in [5, 5.41) is 2.91. The monoisotopic (exact) mass is 400 g/mol. The SMILES string of the molecule is Cc1ccc(Oc2ccc(NC(=O)[C@@H]3CC(=O)N(c4ccccc4)C3)cc2)cc1C. The number of rotatable bonds is 5. The summed E-state index contributed by atoms with van der Waals surface area (Å²) in [4.78, 5) is 26.7. The first-order chi connectivity index (χ1) is 14.5. The minimum absolute atomic E-state index is 0.0292. The molecule has 3 aromatic rings. The average Bonchev–Trinajstić information content (AvgIpc) is 3.15. The van der Waals surface area contributed by atoms with Crippen molar-refractivity contribution in [2.75, 3.05) is 16.8 Å². The van der Waals surface area contributed by atoms with Crippen LogP contribution in [0.4, 0.5) is 11.4 Å². The lowest BCUT2D eigenvalue weighted by Crippen LogP contribution is -2.28. The van der Waals surface area contributed by atoms with Crippen molar-refractivity contribution < 1.29 is 14.3 Å². The number of carbonyl (C=O) groups excluding carboxylic acids is 2. The summed E-state index contributed by atoms with van der Waals surface area (Å²) in [5.74, 6) is 0.926. The van der Waals surface area contributed by atoms with Crippen molar-refractivity contribution in [3.63, 3.8) is 0 Å². The summed E-state index contributed by atoms with van der Waals surface area (Å²) >= 11 is 0. The number of hydrogen-bond acceptors (Lipinski definition) is 3. The number of aryl methyl sites for hydroxylation is 2. The Hall–Kier alpha value is -3.60. The van der Waals surface area contributed by atoms with Gasteiger partial charge in [-0.3, -0.25) is 9.59 Å². The molecule has 0 saturated carbocycles. The Kier molecular flexibility index (Phi) is 5.53. The van der Waals surface area contributed by atoms with E-state index in [2.05, 4.69) is 12.2 Å². The van der Waals surface area contributed by atoms with Crippen LogP contribution in [0.3, 0.4) is 0 Å². The van der Waals surface area contributed by atoms with Gasteiger partial charge >= 0.3 is 0 Å². The highest BCUT2D eigenvalue weighted by atomic mass is 16.5. The fourth-order valence-corrected chi connectivity index (χ4v) is 3.50. The average molecular weight is 400 g/mol. The van der Waals surface area contributed by atoms with Crippen LogP contribution in [-0.2, 0) is 9.59 Å². The van der Waals surface area contributed by atoms with Crippen molar-refractivity contribution in [2.45, 2.75) is 20.3 Å². The maximum Gasteiger partial charge on any atom is 0.229 e. The minimum atomic E-state index is -0.371. The summed E-state index contributed by atoms with van der Waals surface area (Å²) in [6.45, 7) is 4.50. The van der Waals surface area contributed by atoms with Crippen LogP contribution < -0.4 is 15.0 Å². The number of para-hydroxylation sites is 1. The van der Waals surface area contributed by atoms with Gasteiger partial charge in [-0.1, -0.05) is 24.3 Å². The van der Waals surface area contributed by atoms with Crippen molar-refractivity contribution >= 4 is 23.2 Å². The second-order valence-electron chi connectivity index (χ2n) is 7.60. The largest absolute Gasteiger partial charge is 0.457 e. The lowest BCUT2D eigenvalue weighted by molar-refractivity contribution is -0.122. The fourth-order valence-electron chi connectivity index (χ4n) is 3.50. The third kappa shape index (κ3) is 4.35. The van der Waals surface area contributed by atoms with E-state index in [1.807, 2.05) is 67.6 Å². The molecule has 30 heavy (non-hydrogen) atoms. The number of benzene rings is 3. The topological polar surface area (TPSA) is 58.6 Å². The quantitative estimate of drug-likeness (QED) is 0.649. The van der Waals surface area contributed by atoms with Crippen molar-refractivity contribution in [1.82, 2.24) is 0 Å². The molecule has 1 atom stereocenters. The van der Waals surface area contributed by atoms with Crippen LogP contribution in [0.1, 0.15) is 17.5 Å². The molecule has 3 aromatic carbocycles. The van der Waals surface area contributed by atoms with E-state index < -0.39 is 0 Å². The van der Waals surface area contributed by atoms with Gasteiger partial charge in [-0.15, -0.1) is 0 Å². The van der Waals surface area contributed by atoms with Crippen LogP contribution in [0.25, 0.3) is 0 Å². The standard InChI is InChI=1S/C25H24N2O3/c1-17-8-11-23(14-18(17)2)30-22-12-9-20(10-13-22)26-25(29)19-15-24(28)27(16-19)21-6-4-3-5-7-21/h3-14,19H,15-16H2,1-2H3,(H,26,29)/t19-/m1/s1. The van der Waals surface area contributed by atoms with Crippen molar-refractivity contribution in [3.05, 3.63) is 83.9 Å². The molecule has 0 aromatic heterocycles. The van der Waals surface area contributed by atoms with E-state index in [0.29, 0.717) is 18.0 Å². The van der Waals surface area contributed by atoms with E-state index in [-0.39, 0.29) is 24.2 Å². The predicted octanol–water partition coefficient (Wildman–Crippen LogP) is 5.09. The zero-order valence-corrected chi connectivity index (χ0v) is 17.1. The number of carbonyl (C=O) groups is 2. The molecule has 2 amide bonds. The van der Waals surface area contributed by atoms with Gasteiger partial charge in [0.1, 0.15) is 11.5 Å². The number of amides is 2. The van der Waals surface area contributed by atoms with Crippen LogP contribution >= 0.6 is 0 Å². The molecule has 4 rings (SSSR count). The summed E-state index contributed by atoms with van der Waals surface area (Å²) in [5.41, 5.74) is 3.90. The number of ether oxygens (including phenoxy) is 1. The molecule has 1 fully saturated rings. The Morgan fingerprint density at radius 3 is 2.33 bits per heavy atom. The highest BCUT2D eigenvalue weighted by Gasteiger charge is 2.35. The predicted molar refractivity (Wildman–Crippen MR) is 118 cm³/mol. The molecule has 152 valence electrons. The molecule has 5 nitrogen and oxygen atoms in total. The lowest BCUT2D eigenvalue weighted by atomic mass is 10.1. The Morgan fingerprint density at radius 2 is 1.63 bits per heavy atom. The molecular formula is C25H24N2O3. The van der Waals surface area contributed by atoms with E-state index in [9.17, 15) is 9.59 Å². The molecule has 1 aliphatic heterocycles. The van der Waals surface area contributed by atoms with Crippen LogP contribution in [-0.4, -0.2) is 18.4 Å². The molecule has 0 bridgehead atoms. The molecule has 0 radical (unpaired) electrons. The van der Waals surface area contributed by atoms with Gasteiger partial charge in [0, 0.05) is 24.3 Å². The molecule has 0 spiro atoms. The smallest absolute Gasteiger partial charge is 0.229 e. The van der Waals surface area contributed by atoms with Gasteiger partial charge in [0.05, 0.1) is 5.92 Å². The molecule has 5 heteroatoms. The number of nitrogens with zero attached hydrogens (tertiary/aromatic N) is 1. The van der Waals surface area contributed by atoms with Gasteiger partial charge in [0.2, 0.25) is 11.8 Å². The van der Waals surface area contributed by atoms with Crippen molar-refractivity contribution in [3.8, 4) is 11.5 Å². The van der Waals surface area contributed by atoms with Gasteiger partial charge in [0.15, 0.2) is 0 Å². The molecule has 1 saturated heterocycles. The molecule has 1 heterocycles. The Balaban J connectivity index is 1.37. The summed E-state index contributed by atoms with van der Waals surface area (Å²) in [7, 11) is 0. The van der Waals surface area contributed by atoms with Gasteiger partial charge in [0.25, 0.3) is 0 Å². The zero-order chi connectivity index (χ0) is 21.1. The first-order valence-corrected chi connectivity index (χ1v) is 10.0. The summed E-state index contributed by atoms with van der Waals surface area (Å²) < 4.78 is 5.89. The minimum Gasteiger partial charge on any atom is -0.457 e. The van der Waals surface area contributed by atoms with Gasteiger partial charge in [-0.05, 0) is 73.5 Å². The zero-order valence-electron chi connectivity index (χ0n) is 17.1. The summed E-state index contributed by atoms with van der Waals surface area (Å²) in [6.07, 6.45) is 0.217. The Bertz CT molecular complexity index is 1060. The number of anilines is 2. The molecular weight excluding hydrogens is 376 g/mol. The van der Waals surface area contributed by atoms with Crippen LogP contribution in [0.5, 0.6) is 11.5 Å². The van der Waals surface area contributed by atoms with E-state index in [4.69, 9.17) is 4.74 Å². The van der Waals surface area contributed by atoms with E-state index in [1.54, 1.807) is 17.0 Å². The second kappa shape index (κ2) is 8.41. The van der Waals surface area contributed by atoms with Crippen LogP contribution in [0.2, 0.25) is 0 Å².